The van der Waals surface area contributed by atoms with E-state index in [0.29, 0.717) is 24.8 Å². The average molecular weight is 253 g/mol. The molecular formula is C14H17F2NO. The largest absolute Gasteiger partial charge is 0.371 e. The van der Waals surface area contributed by atoms with Gasteiger partial charge in [-0.05, 0) is 18.9 Å². The molecule has 2 aliphatic rings. The van der Waals surface area contributed by atoms with Gasteiger partial charge in [-0.25, -0.2) is 8.78 Å². The van der Waals surface area contributed by atoms with E-state index in [4.69, 9.17) is 4.74 Å². The fourth-order valence-electron chi connectivity index (χ4n) is 2.70. The van der Waals surface area contributed by atoms with Gasteiger partial charge in [0.25, 0.3) is 0 Å². The van der Waals surface area contributed by atoms with Crippen LogP contribution in [0.15, 0.2) is 18.2 Å². The molecule has 0 radical (unpaired) electrons. The summed E-state index contributed by atoms with van der Waals surface area (Å²) in [4.78, 5) is 2.38. The Kier molecular flexibility index (Phi) is 3.31. The van der Waals surface area contributed by atoms with E-state index in [1.165, 1.54) is 31.4 Å². The molecule has 0 aromatic heterocycles. The standard InChI is InChI=1S/C14H17F2NO/c15-10-4-5-12(13(16)8-10)14-9-17(6-7-18-14)11-2-1-3-11/h4-5,8,11,14H,1-3,6-7,9H2. The Labute approximate surface area is 106 Å². The number of halogens is 2. The molecule has 1 saturated heterocycles. The van der Waals surface area contributed by atoms with Crippen LogP contribution in [0.3, 0.4) is 0 Å². The van der Waals surface area contributed by atoms with E-state index in [1.807, 2.05) is 0 Å². The minimum atomic E-state index is -0.539. The summed E-state index contributed by atoms with van der Waals surface area (Å²) in [5.74, 6) is -1.04. The molecule has 0 N–H and O–H groups in total. The second-order valence-electron chi connectivity index (χ2n) is 5.10. The van der Waals surface area contributed by atoms with Crippen molar-refractivity contribution in [2.45, 2.75) is 31.4 Å². The van der Waals surface area contributed by atoms with Crippen molar-refractivity contribution in [3.05, 3.63) is 35.4 Å². The fraction of sp³-hybridized carbons (Fsp3) is 0.571. The van der Waals surface area contributed by atoms with Gasteiger partial charge in [-0.3, -0.25) is 4.90 Å². The minimum Gasteiger partial charge on any atom is -0.371 e. The maximum Gasteiger partial charge on any atom is 0.131 e. The number of hydrogen-bond donors (Lipinski definition) is 0. The van der Waals surface area contributed by atoms with Crippen LogP contribution in [0.1, 0.15) is 30.9 Å². The van der Waals surface area contributed by atoms with Crippen LogP contribution in [-0.2, 0) is 4.74 Å². The van der Waals surface area contributed by atoms with Crippen molar-refractivity contribution in [1.82, 2.24) is 4.90 Å². The molecule has 1 aromatic carbocycles. The Morgan fingerprint density at radius 2 is 2.06 bits per heavy atom. The van der Waals surface area contributed by atoms with Crippen LogP contribution >= 0.6 is 0 Å². The number of morpholine rings is 1. The van der Waals surface area contributed by atoms with Crippen molar-refractivity contribution < 1.29 is 13.5 Å². The molecule has 0 bridgehead atoms. The van der Waals surface area contributed by atoms with Crippen LogP contribution in [0, 0.1) is 11.6 Å². The molecule has 4 heteroatoms. The second-order valence-corrected chi connectivity index (χ2v) is 5.10. The summed E-state index contributed by atoms with van der Waals surface area (Å²) >= 11 is 0. The minimum absolute atomic E-state index is 0.264. The highest BCUT2D eigenvalue weighted by molar-refractivity contribution is 5.21. The fourth-order valence-corrected chi connectivity index (χ4v) is 2.70. The molecule has 1 unspecified atom stereocenters. The van der Waals surface area contributed by atoms with E-state index in [2.05, 4.69) is 4.90 Å². The van der Waals surface area contributed by atoms with E-state index in [9.17, 15) is 8.78 Å². The highest BCUT2D eigenvalue weighted by Gasteiger charge is 2.31. The Morgan fingerprint density at radius 3 is 2.72 bits per heavy atom. The van der Waals surface area contributed by atoms with Gasteiger partial charge in [-0.1, -0.05) is 12.5 Å². The molecule has 2 fully saturated rings. The van der Waals surface area contributed by atoms with Crippen molar-refractivity contribution >= 4 is 0 Å². The number of hydrogen-bond acceptors (Lipinski definition) is 2. The van der Waals surface area contributed by atoms with Gasteiger partial charge in [0.2, 0.25) is 0 Å². The van der Waals surface area contributed by atoms with Gasteiger partial charge in [0, 0.05) is 30.8 Å². The van der Waals surface area contributed by atoms with Gasteiger partial charge in [0.15, 0.2) is 0 Å². The molecule has 0 spiro atoms. The van der Waals surface area contributed by atoms with Crippen LogP contribution in [0.2, 0.25) is 0 Å². The first-order valence-corrected chi connectivity index (χ1v) is 6.54. The van der Waals surface area contributed by atoms with Crippen molar-refractivity contribution in [3.63, 3.8) is 0 Å². The molecule has 1 aromatic rings. The van der Waals surface area contributed by atoms with E-state index in [1.54, 1.807) is 0 Å². The molecule has 98 valence electrons. The molecule has 1 atom stereocenters. The average Bonchev–Trinajstić information content (AvgIpc) is 2.27. The SMILES string of the molecule is Fc1ccc(C2CN(C3CCC3)CCO2)c(F)c1. The summed E-state index contributed by atoms with van der Waals surface area (Å²) in [5.41, 5.74) is 0.473. The molecule has 1 saturated carbocycles. The summed E-state index contributed by atoms with van der Waals surface area (Å²) < 4.78 is 32.2. The lowest BCUT2D eigenvalue weighted by Crippen LogP contribution is -2.47. The third-order valence-electron chi connectivity index (χ3n) is 4.00. The zero-order valence-corrected chi connectivity index (χ0v) is 10.2. The monoisotopic (exact) mass is 253 g/mol. The van der Waals surface area contributed by atoms with Crippen LogP contribution in [0.5, 0.6) is 0 Å². The maximum absolute atomic E-state index is 13.7. The normalized spacial score (nSPS) is 26.0. The molecule has 3 rings (SSSR count). The van der Waals surface area contributed by atoms with Gasteiger partial charge in [-0.15, -0.1) is 0 Å². The lowest BCUT2D eigenvalue weighted by molar-refractivity contribution is -0.0578. The quantitative estimate of drug-likeness (QED) is 0.803. The summed E-state index contributed by atoms with van der Waals surface area (Å²) in [6.07, 6.45) is 3.49. The van der Waals surface area contributed by atoms with E-state index in [-0.39, 0.29) is 6.10 Å². The summed E-state index contributed by atoms with van der Waals surface area (Å²) in [5, 5.41) is 0. The van der Waals surface area contributed by atoms with Gasteiger partial charge < -0.3 is 4.74 Å². The third-order valence-corrected chi connectivity index (χ3v) is 4.00. The zero-order valence-electron chi connectivity index (χ0n) is 10.2. The maximum atomic E-state index is 13.7. The lowest BCUT2D eigenvalue weighted by Gasteiger charge is -2.42. The van der Waals surface area contributed by atoms with E-state index < -0.39 is 11.6 Å². The van der Waals surface area contributed by atoms with Crippen LogP contribution in [-0.4, -0.2) is 30.6 Å². The first kappa shape index (κ1) is 12.1. The number of rotatable bonds is 2. The molecule has 0 amide bonds. The molecule has 1 aliphatic heterocycles. The molecule has 18 heavy (non-hydrogen) atoms. The van der Waals surface area contributed by atoms with E-state index >= 15 is 0 Å². The Balaban J connectivity index is 1.74. The second kappa shape index (κ2) is 4.94. The van der Waals surface area contributed by atoms with Crippen molar-refractivity contribution in [1.29, 1.82) is 0 Å². The van der Waals surface area contributed by atoms with Crippen LogP contribution < -0.4 is 0 Å². The topological polar surface area (TPSA) is 12.5 Å². The van der Waals surface area contributed by atoms with Crippen LogP contribution in [0.4, 0.5) is 8.78 Å². The predicted molar refractivity (Wildman–Crippen MR) is 64.3 cm³/mol. The lowest BCUT2D eigenvalue weighted by atomic mass is 9.90. The predicted octanol–water partition coefficient (Wildman–Crippen LogP) is 2.89. The third kappa shape index (κ3) is 2.27. The Hall–Kier alpha value is -1.00. The van der Waals surface area contributed by atoms with Gasteiger partial charge in [0.05, 0.1) is 12.7 Å². The molecule has 2 nitrogen and oxygen atoms in total. The van der Waals surface area contributed by atoms with Crippen LogP contribution in [0.25, 0.3) is 0 Å². The van der Waals surface area contributed by atoms with Gasteiger partial charge >= 0.3 is 0 Å². The molecule has 1 heterocycles. The summed E-state index contributed by atoms with van der Waals surface area (Å²) in [6, 6.07) is 4.37. The number of nitrogens with zero attached hydrogens (tertiary/aromatic N) is 1. The van der Waals surface area contributed by atoms with Gasteiger partial charge in [-0.2, -0.15) is 0 Å². The Bertz CT molecular complexity index is 434. The summed E-state index contributed by atoms with van der Waals surface area (Å²) in [6.45, 7) is 2.26. The zero-order chi connectivity index (χ0) is 12.5. The first-order chi connectivity index (χ1) is 8.74. The smallest absolute Gasteiger partial charge is 0.131 e. The Morgan fingerprint density at radius 1 is 1.22 bits per heavy atom. The number of benzene rings is 1. The number of ether oxygens (including phenoxy) is 1. The molecule has 1 aliphatic carbocycles. The van der Waals surface area contributed by atoms with Gasteiger partial charge in [0.1, 0.15) is 11.6 Å². The highest BCUT2D eigenvalue weighted by atomic mass is 19.1. The summed E-state index contributed by atoms with van der Waals surface area (Å²) in [7, 11) is 0. The van der Waals surface area contributed by atoms with Crippen molar-refractivity contribution in [2.24, 2.45) is 0 Å². The van der Waals surface area contributed by atoms with E-state index in [0.717, 1.165) is 12.6 Å². The highest BCUT2D eigenvalue weighted by Crippen LogP contribution is 2.31. The molecular weight excluding hydrogens is 236 g/mol. The van der Waals surface area contributed by atoms with Crippen molar-refractivity contribution in [3.8, 4) is 0 Å². The van der Waals surface area contributed by atoms with Crippen molar-refractivity contribution in [2.75, 3.05) is 19.7 Å². The first-order valence-electron chi connectivity index (χ1n) is 6.54.